The summed E-state index contributed by atoms with van der Waals surface area (Å²) in [6.07, 6.45) is 7.62. The van der Waals surface area contributed by atoms with Crippen molar-refractivity contribution in [3.05, 3.63) is 82.5 Å². The van der Waals surface area contributed by atoms with E-state index in [4.69, 9.17) is 0 Å². The van der Waals surface area contributed by atoms with E-state index in [1.807, 2.05) is 18.0 Å². The third-order valence-corrected chi connectivity index (χ3v) is 8.89. The Morgan fingerprint density at radius 2 is 1.69 bits per heavy atom. The third-order valence-electron chi connectivity index (χ3n) is 7.93. The van der Waals surface area contributed by atoms with E-state index in [1.165, 1.54) is 43.9 Å². The fraction of sp³-hybridized carbons (Fsp3) is 0.419. The molecule has 3 aromatic rings. The van der Waals surface area contributed by atoms with Crippen LogP contribution in [-0.4, -0.2) is 45.9 Å². The van der Waals surface area contributed by atoms with Gasteiger partial charge in [0.15, 0.2) is 0 Å². The molecule has 2 aliphatic rings. The van der Waals surface area contributed by atoms with Crippen LogP contribution in [0.15, 0.2) is 60.8 Å². The first-order chi connectivity index (χ1) is 18.8. The highest BCUT2D eigenvalue weighted by atomic mass is 32.1. The average Bonchev–Trinajstić information content (AvgIpc) is 3.63. The van der Waals surface area contributed by atoms with Crippen molar-refractivity contribution in [2.75, 3.05) is 13.1 Å². The Kier molecular flexibility index (Phi) is 8.52. The number of hydrogen-bond donors (Lipinski definition) is 0. The lowest BCUT2D eigenvalue weighted by Gasteiger charge is -2.40. The summed E-state index contributed by atoms with van der Waals surface area (Å²) in [6.45, 7) is 4.46. The molecule has 1 saturated heterocycles. The third kappa shape index (κ3) is 6.97. The maximum absolute atomic E-state index is 13.5. The molecule has 39 heavy (non-hydrogen) atoms. The van der Waals surface area contributed by atoms with Crippen molar-refractivity contribution in [1.82, 2.24) is 14.8 Å². The summed E-state index contributed by atoms with van der Waals surface area (Å²) in [4.78, 5) is 23.5. The van der Waals surface area contributed by atoms with Crippen molar-refractivity contribution in [2.24, 2.45) is 0 Å². The second-order valence-corrected chi connectivity index (χ2v) is 11.8. The van der Waals surface area contributed by atoms with Gasteiger partial charge in [0, 0.05) is 44.0 Å². The van der Waals surface area contributed by atoms with E-state index in [9.17, 15) is 18.0 Å². The van der Waals surface area contributed by atoms with Gasteiger partial charge in [0.05, 0.1) is 15.4 Å². The molecule has 0 radical (unpaired) electrons. The number of likely N-dealkylation sites (tertiary alicyclic amines) is 1. The molecule has 1 aliphatic heterocycles. The molecule has 2 heterocycles. The van der Waals surface area contributed by atoms with E-state index in [0.29, 0.717) is 18.2 Å². The highest BCUT2D eigenvalue weighted by Crippen LogP contribution is 2.31. The smallest absolute Gasteiger partial charge is 0.332 e. The van der Waals surface area contributed by atoms with Gasteiger partial charge in [0.25, 0.3) is 0 Å². The summed E-state index contributed by atoms with van der Waals surface area (Å²) < 4.78 is 38.7. The van der Waals surface area contributed by atoms with Gasteiger partial charge in [-0.2, -0.15) is 13.2 Å². The fourth-order valence-electron chi connectivity index (χ4n) is 5.73. The molecular formula is C31H34F3N3OS. The van der Waals surface area contributed by atoms with E-state index < -0.39 is 11.7 Å². The molecule has 2 aromatic carbocycles. The number of piperidine rings is 1. The molecule has 0 unspecified atom stereocenters. The van der Waals surface area contributed by atoms with Crippen LogP contribution in [0.2, 0.25) is 0 Å². The molecule has 4 nitrogen and oxygen atoms in total. The summed E-state index contributed by atoms with van der Waals surface area (Å²) in [5.41, 5.74) is 2.03. The quantitative estimate of drug-likeness (QED) is 0.283. The molecule has 1 aliphatic carbocycles. The number of rotatable bonds is 7. The lowest BCUT2D eigenvalue weighted by atomic mass is 9.99. The van der Waals surface area contributed by atoms with Crippen LogP contribution in [0.3, 0.4) is 0 Å². The molecule has 0 atom stereocenters. The number of benzene rings is 2. The largest absolute Gasteiger partial charge is 0.416 e. The second kappa shape index (κ2) is 12.0. The van der Waals surface area contributed by atoms with Gasteiger partial charge in [-0.3, -0.25) is 4.79 Å². The predicted molar refractivity (Wildman–Crippen MR) is 150 cm³/mol. The van der Waals surface area contributed by atoms with E-state index in [0.717, 1.165) is 59.1 Å². The van der Waals surface area contributed by atoms with Crippen molar-refractivity contribution < 1.29 is 18.0 Å². The average molecular weight is 554 g/mol. The minimum absolute atomic E-state index is 0.114. The minimum atomic E-state index is -4.38. The van der Waals surface area contributed by atoms with Crippen molar-refractivity contribution in [2.45, 2.75) is 70.3 Å². The number of carbonyl (C=O) groups excluding carboxylic acids is 1. The Balaban J connectivity index is 1.30. The number of thiazole rings is 1. The molecule has 2 fully saturated rings. The first-order valence-corrected chi connectivity index (χ1v) is 14.5. The zero-order chi connectivity index (χ0) is 27.4. The number of alkyl halides is 3. The molecule has 0 N–H and O–H groups in total. The second-order valence-electron chi connectivity index (χ2n) is 10.6. The molecule has 0 bridgehead atoms. The number of aryl methyl sites for hydroxylation is 1. The van der Waals surface area contributed by atoms with Gasteiger partial charge in [0.2, 0.25) is 5.91 Å². The van der Waals surface area contributed by atoms with E-state index in [1.54, 1.807) is 17.4 Å². The van der Waals surface area contributed by atoms with Gasteiger partial charge in [-0.1, -0.05) is 49.2 Å². The molecule has 1 amide bonds. The molecule has 8 heteroatoms. The maximum Gasteiger partial charge on any atom is 0.416 e. The Hall–Kier alpha value is -2.97. The van der Waals surface area contributed by atoms with Crippen LogP contribution in [0.4, 0.5) is 13.2 Å². The summed E-state index contributed by atoms with van der Waals surface area (Å²) in [6, 6.07) is 14.0. The van der Waals surface area contributed by atoms with Crippen molar-refractivity contribution >= 4 is 23.3 Å². The topological polar surface area (TPSA) is 36.4 Å². The monoisotopic (exact) mass is 553 g/mol. The predicted octanol–water partition coefficient (Wildman–Crippen LogP) is 7.59. The van der Waals surface area contributed by atoms with Crippen molar-refractivity contribution in [3.8, 4) is 10.4 Å². The fourth-order valence-corrected chi connectivity index (χ4v) is 6.51. The highest BCUT2D eigenvalue weighted by molar-refractivity contribution is 7.15. The van der Waals surface area contributed by atoms with Crippen LogP contribution in [0.1, 0.15) is 60.2 Å². The first kappa shape index (κ1) is 27.6. The number of aromatic nitrogens is 1. The van der Waals surface area contributed by atoms with E-state index >= 15 is 0 Å². The minimum Gasteiger partial charge on any atom is -0.332 e. The van der Waals surface area contributed by atoms with E-state index in [-0.39, 0.29) is 11.9 Å². The van der Waals surface area contributed by atoms with Gasteiger partial charge >= 0.3 is 6.18 Å². The zero-order valence-corrected chi connectivity index (χ0v) is 23.0. The standard InChI is InChI=1S/C31H34F3N3OS/c1-22-35-20-29(39-22)25-11-6-24(7-12-25)21-37(28-16-18-36(19-17-28)27-4-2-3-5-27)30(38)15-10-23-8-13-26(14-9-23)31(32,33)34/h6-15,20,27-28H,2-5,16-19,21H2,1H3. The summed E-state index contributed by atoms with van der Waals surface area (Å²) in [7, 11) is 0. The van der Waals surface area contributed by atoms with Gasteiger partial charge < -0.3 is 9.80 Å². The number of amides is 1. The van der Waals surface area contributed by atoms with Gasteiger partial charge in [-0.25, -0.2) is 4.98 Å². The lowest BCUT2D eigenvalue weighted by molar-refractivity contribution is -0.137. The van der Waals surface area contributed by atoms with Crippen LogP contribution in [0, 0.1) is 6.92 Å². The summed E-state index contributed by atoms with van der Waals surface area (Å²) in [5, 5.41) is 1.02. The SMILES string of the molecule is Cc1ncc(-c2ccc(CN(C(=O)C=Cc3ccc(C(F)(F)F)cc3)C3CCN(C4CCCC4)CC3)cc2)s1. The number of halogens is 3. The Bertz CT molecular complexity index is 1270. The van der Waals surface area contributed by atoms with Crippen molar-refractivity contribution in [1.29, 1.82) is 0 Å². The van der Waals surface area contributed by atoms with Crippen LogP contribution >= 0.6 is 11.3 Å². The Morgan fingerprint density at radius 1 is 1.03 bits per heavy atom. The van der Waals surface area contributed by atoms with Gasteiger partial charge in [0.1, 0.15) is 0 Å². The number of nitrogens with zero attached hydrogens (tertiary/aromatic N) is 3. The number of carbonyl (C=O) groups is 1. The lowest BCUT2D eigenvalue weighted by Crippen LogP contribution is -2.48. The maximum atomic E-state index is 13.5. The summed E-state index contributed by atoms with van der Waals surface area (Å²) in [5.74, 6) is -0.114. The van der Waals surface area contributed by atoms with E-state index in [2.05, 4.69) is 34.1 Å². The van der Waals surface area contributed by atoms with Gasteiger partial charge in [-0.05, 0) is 67.5 Å². The zero-order valence-electron chi connectivity index (χ0n) is 22.2. The van der Waals surface area contributed by atoms with Crippen LogP contribution in [-0.2, 0) is 17.5 Å². The molecule has 0 spiro atoms. The molecule has 5 rings (SSSR count). The molecule has 1 saturated carbocycles. The van der Waals surface area contributed by atoms with Crippen LogP contribution in [0.5, 0.6) is 0 Å². The first-order valence-electron chi connectivity index (χ1n) is 13.7. The number of hydrogen-bond acceptors (Lipinski definition) is 4. The Labute approximate surface area is 232 Å². The van der Waals surface area contributed by atoms with Crippen LogP contribution in [0.25, 0.3) is 16.5 Å². The molecule has 1 aromatic heterocycles. The Morgan fingerprint density at radius 3 is 2.28 bits per heavy atom. The molecule has 206 valence electrons. The van der Waals surface area contributed by atoms with Gasteiger partial charge in [-0.15, -0.1) is 11.3 Å². The van der Waals surface area contributed by atoms with Crippen LogP contribution < -0.4 is 0 Å². The molecular weight excluding hydrogens is 519 g/mol. The van der Waals surface area contributed by atoms with Crippen molar-refractivity contribution in [3.63, 3.8) is 0 Å². The normalized spacial score (nSPS) is 17.7. The summed E-state index contributed by atoms with van der Waals surface area (Å²) >= 11 is 1.65. The highest BCUT2D eigenvalue weighted by Gasteiger charge is 2.32.